The maximum absolute atomic E-state index is 12.8. The van der Waals surface area contributed by atoms with Gasteiger partial charge in [0.2, 0.25) is 11.8 Å². The van der Waals surface area contributed by atoms with Gasteiger partial charge >= 0.3 is 5.97 Å². The number of hydrazone groups is 1. The molecule has 10 heteroatoms. The number of benzene rings is 2. The molecule has 0 aliphatic carbocycles. The summed E-state index contributed by atoms with van der Waals surface area (Å²) in [7, 11) is 1.24. The average molecular weight is 480 g/mol. The van der Waals surface area contributed by atoms with E-state index >= 15 is 0 Å². The number of rotatable bonds is 9. The van der Waals surface area contributed by atoms with Crippen molar-refractivity contribution in [3.05, 3.63) is 60.2 Å². The van der Waals surface area contributed by atoms with Crippen LogP contribution in [0.3, 0.4) is 0 Å². The quantitative estimate of drug-likeness (QED) is 0.211. The molecular weight excluding hydrogens is 450 g/mol. The van der Waals surface area contributed by atoms with Gasteiger partial charge in [-0.1, -0.05) is 54.6 Å². The molecule has 2 aromatic rings. The average Bonchev–Trinajstić information content (AvgIpc) is 3.29. The number of hydrogen-bond acceptors (Lipinski definition) is 8. The molecular formula is C25H29N5O5. The molecule has 10 nitrogen and oxygen atoms in total. The van der Waals surface area contributed by atoms with E-state index in [1.54, 1.807) is 0 Å². The largest absolute Gasteiger partial charge is 0.469 e. The van der Waals surface area contributed by atoms with Crippen molar-refractivity contribution in [3.8, 4) is 11.1 Å². The second kappa shape index (κ2) is 12.4. The molecule has 0 spiro atoms. The van der Waals surface area contributed by atoms with Crippen molar-refractivity contribution in [1.82, 2.24) is 10.2 Å². The number of nitrogens with one attached hydrogen (secondary N) is 1. The fraction of sp³-hybridized carbons (Fsp3) is 0.320. The predicted octanol–water partition coefficient (Wildman–Crippen LogP) is 0.880. The summed E-state index contributed by atoms with van der Waals surface area (Å²) >= 11 is 0. The molecule has 0 bridgehead atoms. The Hall–Kier alpha value is -4.05. The lowest BCUT2D eigenvalue weighted by Crippen LogP contribution is -2.46. The minimum atomic E-state index is -0.802. The van der Waals surface area contributed by atoms with Gasteiger partial charge in [0.1, 0.15) is 12.6 Å². The zero-order chi connectivity index (χ0) is 25.2. The highest BCUT2D eigenvalue weighted by Gasteiger charge is 2.38. The number of aliphatic hydroxyl groups excluding tert-OH is 1. The van der Waals surface area contributed by atoms with Crippen molar-refractivity contribution in [2.45, 2.75) is 31.5 Å². The molecule has 2 aromatic carbocycles. The zero-order valence-corrected chi connectivity index (χ0v) is 19.5. The van der Waals surface area contributed by atoms with Crippen LogP contribution in [0.4, 0.5) is 0 Å². The van der Waals surface area contributed by atoms with Gasteiger partial charge in [-0.25, -0.2) is 0 Å². The highest BCUT2D eigenvalue weighted by molar-refractivity contribution is 6.34. The number of β-amino-alcohol motifs (C(OH)–C–C–N with tert-alkyl or cyclic N) is 1. The Morgan fingerprint density at radius 1 is 1.14 bits per heavy atom. The third-order valence-electron chi connectivity index (χ3n) is 5.62. The summed E-state index contributed by atoms with van der Waals surface area (Å²) in [6, 6.07) is 17.0. The molecule has 1 fully saturated rings. The highest BCUT2D eigenvalue weighted by Crippen LogP contribution is 2.20. The molecule has 0 saturated carbocycles. The van der Waals surface area contributed by atoms with Crippen LogP contribution >= 0.6 is 0 Å². The van der Waals surface area contributed by atoms with E-state index in [0.717, 1.165) is 16.7 Å². The van der Waals surface area contributed by atoms with Crippen LogP contribution in [0.25, 0.3) is 11.1 Å². The van der Waals surface area contributed by atoms with Crippen molar-refractivity contribution < 1.29 is 24.2 Å². The zero-order valence-electron chi connectivity index (χ0n) is 19.5. The van der Waals surface area contributed by atoms with Gasteiger partial charge in [0.15, 0.2) is 0 Å². The third kappa shape index (κ3) is 7.21. The van der Waals surface area contributed by atoms with Crippen molar-refractivity contribution in [3.63, 3.8) is 0 Å². The van der Waals surface area contributed by atoms with E-state index in [4.69, 9.17) is 5.84 Å². The molecule has 184 valence electrons. The Bertz CT molecular complexity index is 1090. The summed E-state index contributed by atoms with van der Waals surface area (Å²) in [5.41, 5.74) is 3.25. The van der Waals surface area contributed by atoms with Gasteiger partial charge < -0.3 is 25.9 Å². The second-order valence-electron chi connectivity index (χ2n) is 8.08. The minimum absolute atomic E-state index is 0.0399. The van der Waals surface area contributed by atoms with Crippen LogP contribution in [0.5, 0.6) is 0 Å². The number of esters is 1. The Kier molecular flexibility index (Phi) is 9.08. The first kappa shape index (κ1) is 25.6. The number of carbonyl (C=O) groups is 3. The lowest BCUT2D eigenvalue weighted by Gasteiger charge is -2.23. The van der Waals surface area contributed by atoms with Gasteiger partial charge in [-0.05, 0) is 16.7 Å². The van der Waals surface area contributed by atoms with Gasteiger partial charge in [0, 0.05) is 25.7 Å². The standard InChI is InChI=1S/C25H29N5O5/c1-35-24(33)11-20(29-26)14-27-15-23(32)30-16-21(31)12-22(30)25(34)28-13-17-7-9-19(10-8-17)18-5-3-2-4-6-18/h2-10,14,21-22,31H,11-13,15-16,26H2,1H3,(H,28,34)/b27-14?,29-20-/t21-,22-/m0/s1. The number of nitrogens with two attached hydrogens (primary N) is 1. The lowest BCUT2D eigenvalue weighted by atomic mass is 10.0. The fourth-order valence-electron chi connectivity index (χ4n) is 3.76. The molecule has 2 atom stereocenters. The number of carbonyl (C=O) groups excluding carboxylic acids is 3. The number of methoxy groups -OCH3 is 1. The second-order valence-corrected chi connectivity index (χ2v) is 8.08. The highest BCUT2D eigenvalue weighted by atomic mass is 16.5. The first-order valence-corrected chi connectivity index (χ1v) is 11.1. The number of nitrogens with zero attached hydrogens (tertiary/aromatic N) is 3. The van der Waals surface area contributed by atoms with Gasteiger partial charge in [0.25, 0.3) is 0 Å². The van der Waals surface area contributed by atoms with Crippen LogP contribution in [-0.2, 0) is 25.7 Å². The summed E-state index contributed by atoms with van der Waals surface area (Å²) in [5, 5.41) is 16.4. The minimum Gasteiger partial charge on any atom is -0.469 e. The number of amides is 2. The first-order valence-electron chi connectivity index (χ1n) is 11.1. The Morgan fingerprint density at radius 3 is 2.49 bits per heavy atom. The van der Waals surface area contributed by atoms with Crippen LogP contribution in [0, 0.1) is 0 Å². The number of hydrogen-bond donors (Lipinski definition) is 3. The Morgan fingerprint density at radius 2 is 1.83 bits per heavy atom. The van der Waals surface area contributed by atoms with Crippen LogP contribution in [-0.4, -0.2) is 72.1 Å². The Labute approximate surface area is 203 Å². The SMILES string of the molecule is COC(=O)C/C(C=NCC(=O)N1C[C@@H](O)C[C@H]1C(=O)NCc1ccc(-c2ccccc2)cc1)=N/N. The van der Waals surface area contributed by atoms with Gasteiger partial charge in [0.05, 0.1) is 25.3 Å². The maximum Gasteiger partial charge on any atom is 0.311 e. The van der Waals surface area contributed by atoms with Crippen LogP contribution in [0.2, 0.25) is 0 Å². The van der Waals surface area contributed by atoms with E-state index in [0.29, 0.717) is 6.54 Å². The molecule has 0 aromatic heterocycles. The monoisotopic (exact) mass is 479 g/mol. The summed E-state index contributed by atoms with van der Waals surface area (Å²) in [6.07, 6.45) is 0.385. The molecule has 1 aliphatic heterocycles. The summed E-state index contributed by atoms with van der Waals surface area (Å²) < 4.78 is 4.54. The fourth-order valence-corrected chi connectivity index (χ4v) is 3.76. The smallest absolute Gasteiger partial charge is 0.311 e. The van der Waals surface area contributed by atoms with Crippen molar-refractivity contribution in [2.24, 2.45) is 15.9 Å². The number of ether oxygens (including phenoxy) is 1. The summed E-state index contributed by atoms with van der Waals surface area (Å²) in [4.78, 5) is 42.1. The van der Waals surface area contributed by atoms with Crippen LogP contribution in [0.1, 0.15) is 18.4 Å². The normalized spacial score (nSPS) is 18.0. The lowest BCUT2D eigenvalue weighted by molar-refractivity contribution is -0.139. The van der Waals surface area contributed by atoms with E-state index in [-0.39, 0.29) is 37.6 Å². The molecule has 35 heavy (non-hydrogen) atoms. The van der Waals surface area contributed by atoms with Crippen molar-refractivity contribution in [1.29, 1.82) is 0 Å². The Balaban J connectivity index is 1.55. The number of likely N-dealkylation sites (tertiary alicyclic amines) is 1. The molecule has 4 N–H and O–H groups in total. The molecule has 1 saturated heterocycles. The molecule has 1 heterocycles. The summed E-state index contributed by atoms with van der Waals surface area (Å²) in [6.45, 7) is 0.0559. The van der Waals surface area contributed by atoms with Crippen LogP contribution in [0.15, 0.2) is 64.7 Å². The summed E-state index contributed by atoms with van der Waals surface area (Å²) in [5.74, 6) is 3.90. The van der Waals surface area contributed by atoms with E-state index in [1.165, 1.54) is 18.2 Å². The van der Waals surface area contributed by atoms with E-state index in [1.807, 2.05) is 54.6 Å². The molecule has 0 radical (unpaired) electrons. The third-order valence-corrected chi connectivity index (χ3v) is 5.62. The van der Waals surface area contributed by atoms with Gasteiger partial charge in [-0.3, -0.25) is 19.4 Å². The molecule has 0 unspecified atom stereocenters. The number of aliphatic hydroxyl groups is 1. The maximum atomic E-state index is 12.8. The van der Waals surface area contributed by atoms with Gasteiger partial charge in [-0.15, -0.1) is 0 Å². The van der Waals surface area contributed by atoms with E-state index in [9.17, 15) is 19.5 Å². The van der Waals surface area contributed by atoms with Gasteiger partial charge in [-0.2, -0.15) is 5.10 Å². The number of aliphatic imine (C=N–C) groups is 1. The molecule has 2 amide bonds. The van der Waals surface area contributed by atoms with E-state index < -0.39 is 24.0 Å². The van der Waals surface area contributed by atoms with Crippen molar-refractivity contribution >= 4 is 29.7 Å². The molecule has 1 aliphatic rings. The first-order chi connectivity index (χ1) is 16.9. The van der Waals surface area contributed by atoms with Crippen LogP contribution < -0.4 is 11.2 Å². The predicted molar refractivity (Wildman–Crippen MR) is 131 cm³/mol. The topological polar surface area (TPSA) is 147 Å². The van der Waals surface area contributed by atoms with Crippen molar-refractivity contribution in [2.75, 3.05) is 20.2 Å². The van der Waals surface area contributed by atoms with E-state index in [2.05, 4.69) is 20.1 Å². The molecule has 3 rings (SSSR count).